The van der Waals surface area contributed by atoms with Crippen LogP contribution in [0.3, 0.4) is 0 Å². The van der Waals surface area contributed by atoms with Gasteiger partial charge in [0.15, 0.2) is 0 Å². The second-order valence-electron chi connectivity index (χ2n) is 3.39. The molecule has 2 N–H and O–H groups in total. The molecule has 1 aromatic carbocycles. The third-order valence-corrected chi connectivity index (χ3v) is 2.36. The molecule has 0 bridgehead atoms. The summed E-state index contributed by atoms with van der Waals surface area (Å²) in [6, 6.07) is 4.62. The lowest BCUT2D eigenvalue weighted by molar-refractivity contribution is 0.422. The van der Waals surface area contributed by atoms with Crippen LogP contribution in [0.2, 0.25) is 0 Å². The third kappa shape index (κ3) is 1.60. The predicted octanol–water partition coefficient (Wildman–Crippen LogP) is 0.383. The number of rotatable bonds is 2. The quantitative estimate of drug-likeness (QED) is 0.646. The Morgan fingerprint density at radius 1 is 1.31 bits per heavy atom. The Balaban J connectivity index is 2.47. The molecule has 1 aromatic rings. The van der Waals surface area contributed by atoms with Gasteiger partial charge >= 0.3 is 7.12 Å². The van der Waals surface area contributed by atoms with Crippen LogP contribution in [0.15, 0.2) is 18.2 Å². The van der Waals surface area contributed by atoms with Gasteiger partial charge in [-0.2, -0.15) is 0 Å². The van der Waals surface area contributed by atoms with E-state index in [9.17, 15) is 4.39 Å². The first-order chi connectivity index (χ1) is 6.20. The highest BCUT2D eigenvalue weighted by molar-refractivity contribution is 6.59. The van der Waals surface area contributed by atoms with Crippen LogP contribution in [-0.2, 0) is 0 Å². The molecule has 4 heteroatoms. The number of hydrogen-bond donors (Lipinski definition) is 2. The van der Waals surface area contributed by atoms with Gasteiger partial charge in [0.05, 0.1) is 0 Å². The highest BCUT2D eigenvalue weighted by Crippen LogP contribution is 2.39. The van der Waals surface area contributed by atoms with Crippen LogP contribution in [0.1, 0.15) is 24.3 Å². The summed E-state index contributed by atoms with van der Waals surface area (Å²) in [5.74, 6) is -0.202. The Hall–Kier alpha value is -0.865. The summed E-state index contributed by atoms with van der Waals surface area (Å²) in [7, 11) is -1.70. The SMILES string of the molecule is OB(O)c1c(F)cccc1C1CC1. The Morgan fingerprint density at radius 3 is 2.54 bits per heavy atom. The largest absolute Gasteiger partial charge is 0.491 e. The van der Waals surface area contributed by atoms with Gasteiger partial charge in [-0.25, -0.2) is 4.39 Å². The van der Waals surface area contributed by atoms with E-state index in [4.69, 9.17) is 10.0 Å². The Bertz CT molecular complexity index is 323. The molecule has 0 heterocycles. The molecule has 0 atom stereocenters. The van der Waals surface area contributed by atoms with Crippen LogP contribution in [0.25, 0.3) is 0 Å². The summed E-state index contributed by atoms with van der Waals surface area (Å²) in [6.45, 7) is 0. The van der Waals surface area contributed by atoms with Crippen molar-refractivity contribution in [2.24, 2.45) is 0 Å². The average molecular weight is 180 g/mol. The molecule has 1 aliphatic carbocycles. The fourth-order valence-corrected chi connectivity index (χ4v) is 1.58. The maximum atomic E-state index is 13.2. The monoisotopic (exact) mass is 180 g/mol. The van der Waals surface area contributed by atoms with Crippen molar-refractivity contribution in [3.63, 3.8) is 0 Å². The van der Waals surface area contributed by atoms with Gasteiger partial charge in [-0.05, 0) is 30.4 Å². The molecule has 2 nitrogen and oxygen atoms in total. The molecule has 0 saturated heterocycles. The van der Waals surface area contributed by atoms with Gasteiger partial charge in [-0.3, -0.25) is 0 Å². The van der Waals surface area contributed by atoms with E-state index in [2.05, 4.69) is 0 Å². The second-order valence-corrected chi connectivity index (χ2v) is 3.39. The van der Waals surface area contributed by atoms with Crippen LogP contribution < -0.4 is 5.46 Å². The highest BCUT2D eigenvalue weighted by Gasteiger charge is 2.31. The first-order valence-electron chi connectivity index (χ1n) is 4.34. The van der Waals surface area contributed by atoms with Gasteiger partial charge in [-0.15, -0.1) is 0 Å². The molecule has 1 saturated carbocycles. The van der Waals surface area contributed by atoms with E-state index < -0.39 is 12.9 Å². The van der Waals surface area contributed by atoms with Gasteiger partial charge in [-0.1, -0.05) is 12.1 Å². The van der Waals surface area contributed by atoms with E-state index in [-0.39, 0.29) is 5.46 Å². The van der Waals surface area contributed by atoms with E-state index >= 15 is 0 Å². The lowest BCUT2D eigenvalue weighted by Gasteiger charge is -2.07. The van der Waals surface area contributed by atoms with E-state index in [0.717, 1.165) is 18.4 Å². The second kappa shape index (κ2) is 3.12. The van der Waals surface area contributed by atoms with Crippen molar-refractivity contribution in [2.45, 2.75) is 18.8 Å². The molecule has 1 aliphatic rings. The molecule has 0 radical (unpaired) electrons. The van der Waals surface area contributed by atoms with E-state index in [1.165, 1.54) is 6.07 Å². The van der Waals surface area contributed by atoms with Crippen LogP contribution in [0, 0.1) is 5.82 Å². The van der Waals surface area contributed by atoms with Crippen molar-refractivity contribution in [1.82, 2.24) is 0 Å². The maximum absolute atomic E-state index is 13.2. The van der Waals surface area contributed by atoms with Gasteiger partial charge < -0.3 is 10.0 Å². The molecule has 2 rings (SSSR count). The van der Waals surface area contributed by atoms with Crippen molar-refractivity contribution in [3.8, 4) is 0 Å². The number of halogens is 1. The van der Waals surface area contributed by atoms with Gasteiger partial charge in [0, 0.05) is 5.46 Å². The minimum Gasteiger partial charge on any atom is -0.423 e. The topological polar surface area (TPSA) is 40.5 Å². The van der Waals surface area contributed by atoms with Crippen molar-refractivity contribution in [2.75, 3.05) is 0 Å². The molecule has 1 fully saturated rings. The fourth-order valence-electron chi connectivity index (χ4n) is 1.58. The summed E-state index contributed by atoms with van der Waals surface area (Å²) in [6.07, 6.45) is 2.03. The van der Waals surface area contributed by atoms with Crippen LogP contribution >= 0.6 is 0 Å². The summed E-state index contributed by atoms with van der Waals surface area (Å²) in [4.78, 5) is 0. The zero-order valence-electron chi connectivity index (χ0n) is 7.07. The van der Waals surface area contributed by atoms with Gasteiger partial charge in [0.2, 0.25) is 0 Å². The lowest BCUT2D eigenvalue weighted by atomic mass is 9.75. The molecule has 68 valence electrons. The van der Waals surface area contributed by atoms with E-state index in [0.29, 0.717) is 5.92 Å². The first-order valence-corrected chi connectivity index (χ1v) is 4.34. The van der Waals surface area contributed by atoms with Crippen LogP contribution in [0.4, 0.5) is 4.39 Å². The Kier molecular flexibility index (Phi) is 2.10. The highest BCUT2D eigenvalue weighted by atomic mass is 19.1. The van der Waals surface area contributed by atoms with Gasteiger partial charge in [0.25, 0.3) is 0 Å². The molecule has 0 unspecified atom stereocenters. The molecular formula is C9H10BFO2. The number of hydrogen-bond acceptors (Lipinski definition) is 2. The van der Waals surface area contributed by atoms with E-state index in [1.54, 1.807) is 12.1 Å². The summed E-state index contributed by atoms with van der Waals surface area (Å²) < 4.78 is 13.2. The summed E-state index contributed by atoms with van der Waals surface area (Å²) in [5.41, 5.74) is 0.792. The Morgan fingerprint density at radius 2 is 2.00 bits per heavy atom. The van der Waals surface area contributed by atoms with Crippen molar-refractivity contribution >= 4 is 12.6 Å². The van der Waals surface area contributed by atoms with Crippen LogP contribution in [0.5, 0.6) is 0 Å². The molecule has 0 spiro atoms. The zero-order chi connectivity index (χ0) is 9.42. The third-order valence-electron chi connectivity index (χ3n) is 2.36. The van der Waals surface area contributed by atoms with Crippen molar-refractivity contribution in [1.29, 1.82) is 0 Å². The standard InChI is InChI=1S/C9H10BFO2/c11-8-3-1-2-7(6-4-5-6)9(8)10(12)13/h1-3,6,12-13H,4-5H2. The lowest BCUT2D eigenvalue weighted by Crippen LogP contribution is -2.35. The molecule has 0 aliphatic heterocycles. The molecule has 0 amide bonds. The van der Waals surface area contributed by atoms with Crippen LogP contribution in [-0.4, -0.2) is 17.2 Å². The summed E-state index contributed by atoms with van der Waals surface area (Å²) >= 11 is 0. The maximum Gasteiger partial charge on any atom is 0.491 e. The normalized spacial score (nSPS) is 15.9. The van der Waals surface area contributed by atoms with Crippen molar-refractivity contribution < 1.29 is 14.4 Å². The Labute approximate surface area is 76.2 Å². The molecular weight excluding hydrogens is 170 g/mol. The predicted molar refractivity (Wildman–Crippen MR) is 48.2 cm³/mol. The minimum absolute atomic E-state index is 0.0463. The van der Waals surface area contributed by atoms with Gasteiger partial charge in [0.1, 0.15) is 5.82 Å². The number of benzene rings is 1. The van der Waals surface area contributed by atoms with E-state index in [1.807, 2.05) is 0 Å². The fraction of sp³-hybridized carbons (Fsp3) is 0.333. The average Bonchev–Trinajstić information content (AvgIpc) is 2.85. The minimum atomic E-state index is -1.70. The molecule has 13 heavy (non-hydrogen) atoms. The smallest absolute Gasteiger partial charge is 0.423 e. The zero-order valence-corrected chi connectivity index (χ0v) is 7.07. The van der Waals surface area contributed by atoms with Crippen molar-refractivity contribution in [3.05, 3.63) is 29.6 Å². The first kappa shape index (κ1) is 8.72. The summed E-state index contributed by atoms with van der Waals surface area (Å²) in [5, 5.41) is 18.0. The molecule has 0 aromatic heterocycles.